The van der Waals surface area contributed by atoms with Gasteiger partial charge in [-0.05, 0) is 61.9 Å². The Morgan fingerprint density at radius 3 is 2.34 bits per heavy atom. The Kier molecular flexibility index (Phi) is 5.45. The number of aryl methyl sites for hydroxylation is 1. The van der Waals surface area contributed by atoms with E-state index in [9.17, 15) is 13.2 Å². The summed E-state index contributed by atoms with van der Waals surface area (Å²) in [5, 5.41) is 0.311. The number of sulfone groups is 1. The van der Waals surface area contributed by atoms with Gasteiger partial charge in [0.2, 0.25) is 4.75 Å². The van der Waals surface area contributed by atoms with Crippen molar-refractivity contribution < 1.29 is 27.4 Å². The Balaban J connectivity index is 1.88. The van der Waals surface area contributed by atoms with Gasteiger partial charge in [-0.3, -0.25) is 4.79 Å². The molecule has 6 nitrogen and oxygen atoms in total. The zero-order chi connectivity index (χ0) is 25.1. The maximum atomic E-state index is 14.4. The molecule has 0 amide bonds. The van der Waals surface area contributed by atoms with Crippen molar-refractivity contribution in [2.75, 3.05) is 14.2 Å². The van der Waals surface area contributed by atoms with E-state index in [1.165, 1.54) is 32.4 Å². The minimum Gasteiger partial charge on any atom is -0.493 e. The van der Waals surface area contributed by atoms with Crippen molar-refractivity contribution in [2.24, 2.45) is 0 Å². The monoisotopic (exact) mass is 510 g/mol. The third kappa shape index (κ3) is 3.15. The molecule has 1 aliphatic heterocycles. The van der Waals surface area contributed by atoms with Crippen LogP contribution in [0.1, 0.15) is 40.1 Å². The Bertz CT molecular complexity index is 1510. The first kappa shape index (κ1) is 23.5. The van der Waals surface area contributed by atoms with Crippen LogP contribution >= 0.6 is 11.6 Å². The smallest absolute Gasteiger partial charge is 0.201 e. The number of ether oxygens (including phenoxy) is 3. The number of Topliss-reactive ketones (excluding diaryl/α,β-unsaturated/α-hetero) is 1. The second-order valence-electron chi connectivity index (χ2n) is 8.65. The molecule has 0 aromatic heterocycles. The highest BCUT2D eigenvalue weighted by Gasteiger charge is 2.64. The van der Waals surface area contributed by atoms with Gasteiger partial charge in [0.15, 0.2) is 33.2 Å². The van der Waals surface area contributed by atoms with Gasteiger partial charge >= 0.3 is 0 Å². The standard InChI is InChI=1S/C27H23ClO6S/c1-15-5-8-18(9-6-15)35(30,31)27-16(2)13-20-19(10-12-23(32-3)24(20)33-4)26(27)34-22-11-7-17(28)14-21(22)25(27)29/h5-14,26H,1-4H3/t26-,27+/m0/s1. The molecule has 35 heavy (non-hydrogen) atoms. The quantitative estimate of drug-likeness (QED) is 0.454. The maximum absolute atomic E-state index is 14.4. The molecule has 0 saturated heterocycles. The van der Waals surface area contributed by atoms with Crippen molar-refractivity contribution in [3.63, 3.8) is 0 Å². The van der Waals surface area contributed by atoms with Crippen LogP contribution in [-0.2, 0) is 9.84 Å². The van der Waals surface area contributed by atoms with Crippen molar-refractivity contribution in [1.29, 1.82) is 0 Å². The van der Waals surface area contributed by atoms with E-state index in [1.54, 1.807) is 49.4 Å². The molecular formula is C27H23ClO6S. The lowest BCUT2D eigenvalue weighted by atomic mass is 9.74. The average Bonchev–Trinajstić information content (AvgIpc) is 2.84. The largest absolute Gasteiger partial charge is 0.493 e. The molecule has 3 aromatic rings. The van der Waals surface area contributed by atoms with Crippen LogP contribution in [0.4, 0.5) is 0 Å². The Hall–Kier alpha value is -3.29. The van der Waals surface area contributed by atoms with Gasteiger partial charge in [-0.25, -0.2) is 8.42 Å². The lowest BCUT2D eigenvalue weighted by molar-refractivity contribution is 0.0761. The van der Waals surface area contributed by atoms with Gasteiger partial charge in [0.1, 0.15) is 5.75 Å². The van der Waals surface area contributed by atoms with E-state index in [2.05, 4.69) is 0 Å². The lowest BCUT2D eigenvalue weighted by Gasteiger charge is -2.46. The zero-order valence-corrected chi connectivity index (χ0v) is 21.2. The minimum atomic E-state index is -4.29. The second-order valence-corrected chi connectivity index (χ2v) is 11.2. The zero-order valence-electron chi connectivity index (χ0n) is 19.6. The van der Waals surface area contributed by atoms with Crippen LogP contribution in [0.3, 0.4) is 0 Å². The Labute approximate surface area is 209 Å². The van der Waals surface area contributed by atoms with E-state index in [4.69, 9.17) is 25.8 Å². The van der Waals surface area contributed by atoms with Crippen molar-refractivity contribution in [1.82, 2.24) is 0 Å². The van der Waals surface area contributed by atoms with Crippen LogP contribution < -0.4 is 14.2 Å². The molecule has 0 radical (unpaired) electrons. The summed E-state index contributed by atoms with van der Waals surface area (Å²) in [6.45, 7) is 3.50. The summed E-state index contributed by atoms with van der Waals surface area (Å²) in [4.78, 5) is 14.3. The number of carbonyl (C=O) groups is 1. The third-order valence-electron chi connectivity index (χ3n) is 6.74. The number of benzene rings is 3. The minimum absolute atomic E-state index is 0.0344. The molecule has 1 aliphatic carbocycles. The van der Waals surface area contributed by atoms with Crippen molar-refractivity contribution in [3.8, 4) is 17.2 Å². The van der Waals surface area contributed by atoms with Gasteiger partial charge in [-0.1, -0.05) is 35.4 Å². The molecule has 5 rings (SSSR count). The molecule has 0 spiro atoms. The van der Waals surface area contributed by atoms with E-state index in [0.717, 1.165) is 5.56 Å². The van der Waals surface area contributed by atoms with Crippen molar-refractivity contribution >= 4 is 33.3 Å². The number of ketones is 1. The van der Waals surface area contributed by atoms with Crippen LogP contribution in [0, 0.1) is 6.92 Å². The molecule has 2 atom stereocenters. The van der Waals surface area contributed by atoms with Gasteiger partial charge in [0.25, 0.3) is 0 Å². The lowest BCUT2D eigenvalue weighted by Crippen LogP contribution is -2.57. The highest BCUT2D eigenvalue weighted by atomic mass is 35.5. The van der Waals surface area contributed by atoms with Crippen molar-refractivity contribution in [3.05, 3.63) is 87.4 Å². The third-order valence-corrected chi connectivity index (χ3v) is 9.44. The summed E-state index contributed by atoms with van der Waals surface area (Å²) < 4.78 is 44.2. The Morgan fingerprint density at radius 2 is 1.69 bits per heavy atom. The SMILES string of the molecule is COc1ccc2c(c1OC)C=C(C)[C@@]1(S(=O)(=O)c3ccc(C)cc3)C(=O)c3cc(Cl)ccc3O[C@@H]21. The van der Waals surface area contributed by atoms with E-state index < -0.39 is 26.5 Å². The first-order chi connectivity index (χ1) is 16.7. The molecule has 1 heterocycles. The van der Waals surface area contributed by atoms with Crippen LogP contribution in [0.25, 0.3) is 6.08 Å². The van der Waals surface area contributed by atoms with Crippen molar-refractivity contribution in [2.45, 2.75) is 29.6 Å². The summed E-state index contributed by atoms with van der Waals surface area (Å²) in [6.07, 6.45) is 0.519. The number of fused-ring (bicyclic) bond motifs is 4. The number of carbonyl (C=O) groups excluding carboxylic acids is 1. The summed E-state index contributed by atoms with van der Waals surface area (Å²) >= 11 is 6.20. The molecule has 8 heteroatoms. The van der Waals surface area contributed by atoms with Gasteiger partial charge < -0.3 is 14.2 Å². The predicted molar refractivity (Wildman–Crippen MR) is 133 cm³/mol. The molecule has 0 bridgehead atoms. The molecule has 0 saturated carbocycles. The predicted octanol–water partition coefficient (Wildman–Crippen LogP) is 5.61. The fraction of sp³-hybridized carbons (Fsp3) is 0.222. The number of hydrogen-bond donors (Lipinski definition) is 0. The normalized spacial score (nSPS) is 20.7. The molecule has 3 aromatic carbocycles. The maximum Gasteiger partial charge on any atom is 0.201 e. The molecule has 0 N–H and O–H groups in total. The fourth-order valence-corrected chi connectivity index (χ4v) is 7.36. The van der Waals surface area contributed by atoms with Gasteiger partial charge in [0, 0.05) is 16.1 Å². The van der Waals surface area contributed by atoms with E-state index in [1.807, 2.05) is 6.92 Å². The molecular weight excluding hydrogens is 488 g/mol. The topological polar surface area (TPSA) is 78.9 Å². The Morgan fingerprint density at radius 1 is 0.971 bits per heavy atom. The number of hydrogen-bond acceptors (Lipinski definition) is 6. The summed E-state index contributed by atoms with van der Waals surface area (Å²) in [6, 6.07) is 14.5. The first-order valence-corrected chi connectivity index (χ1v) is 12.8. The highest BCUT2D eigenvalue weighted by Crippen LogP contribution is 2.56. The summed E-state index contributed by atoms with van der Waals surface area (Å²) in [7, 11) is -1.26. The number of halogens is 1. The molecule has 180 valence electrons. The summed E-state index contributed by atoms with van der Waals surface area (Å²) in [5.74, 6) is 0.609. The van der Waals surface area contributed by atoms with E-state index >= 15 is 0 Å². The highest BCUT2D eigenvalue weighted by molar-refractivity contribution is 7.94. The number of rotatable bonds is 4. The number of methoxy groups -OCH3 is 2. The summed E-state index contributed by atoms with van der Waals surface area (Å²) in [5.41, 5.74) is 2.46. The second kappa shape index (κ2) is 8.14. The van der Waals surface area contributed by atoms with Crippen LogP contribution in [-0.4, -0.2) is 33.2 Å². The molecule has 0 unspecified atom stereocenters. The fourth-order valence-electron chi connectivity index (χ4n) is 5.03. The van der Waals surface area contributed by atoms with Gasteiger partial charge in [-0.2, -0.15) is 0 Å². The molecule has 0 fully saturated rings. The van der Waals surface area contributed by atoms with Gasteiger partial charge in [0.05, 0.1) is 24.7 Å². The molecule has 2 aliphatic rings. The van der Waals surface area contributed by atoms with E-state index in [-0.39, 0.29) is 16.2 Å². The van der Waals surface area contributed by atoms with Gasteiger partial charge in [-0.15, -0.1) is 0 Å². The van der Waals surface area contributed by atoms with E-state index in [0.29, 0.717) is 33.2 Å². The van der Waals surface area contributed by atoms with Crippen LogP contribution in [0.15, 0.2) is 65.1 Å². The average molecular weight is 511 g/mol. The first-order valence-electron chi connectivity index (χ1n) is 10.9. The van der Waals surface area contributed by atoms with Crippen LogP contribution in [0.2, 0.25) is 5.02 Å². The van der Waals surface area contributed by atoms with Crippen LogP contribution in [0.5, 0.6) is 17.2 Å².